The number of ether oxygens (including phenoxy) is 1. The second-order valence-electron chi connectivity index (χ2n) is 15.5. The van der Waals surface area contributed by atoms with Crippen molar-refractivity contribution in [2.24, 2.45) is 33.0 Å². The molecule has 1 aromatic carbocycles. The van der Waals surface area contributed by atoms with Gasteiger partial charge in [-0.05, 0) is 116 Å². The summed E-state index contributed by atoms with van der Waals surface area (Å²) in [5.41, 5.74) is 1.97. The van der Waals surface area contributed by atoms with Crippen LogP contribution in [-0.2, 0) is 19.1 Å². The number of ketones is 2. The zero-order chi connectivity index (χ0) is 31.5. The van der Waals surface area contributed by atoms with Crippen molar-refractivity contribution in [2.45, 2.75) is 92.1 Å². The summed E-state index contributed by atoms with van der Waals surface area (Å²) in [5, 5.41) is 8.27. The van der Waals surface area contributed by atoms with Crippen LogP contribution < -0.4 is 4.84 Å². The summed E-state index contributed by atoms with van der Waals surface area (Å²) in [6.07, 6.45) is 12.2. The molecule has 0 unspecified atom stereocenters. The highest BCUT2D eigenvalue weighted by Crippen LogP contribution is 2.75. The van der Waals surface area contributed by atoms with Gasteiger partial charge in [0.15, 0.2) is 5.60 Å². The average Bonchev–Trinajstić information content (AvgIpc) is 3.41. The van der Waals surface area contributed by atoms with Crippen LogP contribution in [0.2, 0.25) is 0 Å². The number of allylic oxidation sites excluding steroid dienone is 4. The van der Waals surface area contributed by atoms with E-state index in [9.17, 15) is 14.4 Å². The molecule has 3 saturated carbocycles. The molecule has 0 saturated heterocycles. The summed E-state index contributed by atoms with van der Waals surface area (Å²) >= 11 is 0. The Morgan fingerprint density at radius 3 is 2.39 bits per heavy atom. The van der Waals surface area contributed by atoms with E-state index in [4.69, 9.17) is 9.57 Å². The van der Waals surface area contributed by atoms with Crippen LogP contribution >= 0.6 is 0 Å². The Labute approximate surface area is 258 Å². The van der Waals surface area contributed by atoms with Crippen molar-refractivity contribution in [1.82, 2.24) is 15.2 Å². The minimum atomic E-state index is -1.28. The molecule has 5 aliphatic carbocycles. The normalized spacial score (nSPS) is 41.4. The lowest BCUT2D eigenvalue weighted by atomic mass is 9.34. The van der Waals surface area contributed by atoms with E-state index in [0.29, 0.717) is 11.0 Å². The van der Waals surface area contributed by atoms with Gasteiger partial charge >= 0.3 is 5.97 Å². The van der Waals surface area contributed by atoms with E-state index in [2.05, 4.69) is 51.0 Å². The first-order valence-electron chi connectivity index (χ1n) is 16.0. The molecule has 7 atom stereocenters. The van der Waals surface area contributed by atoms with Gasteiger partial charge < -0.3 is 9.57 Å². The first-order valence-corrected chi connectivity index (χ1v) is 16.0. The number of Topliss-reactive ketones (excluding diaryl/α,β-unsaturated/α-hetero) is 1. The van der Waals surface area contributed by atoms with Crippen molar-refractivity contribution in [3.63, 3.8) is 0 Å². The summed E-state index contributed by atoms with van der Waals surface area (Å²) in [5.74, 6) is -0.967. The number of nitrogens with zero attached hydrogens (tertiary/aromatic N) is 3. The third-order valence-electron chi connectivity index (χ3n) is 13.4. The van der Waals surface area contributed by atoms with Gasteiger partial charge in [0.2, 0.25) is 11.6 Å². The Kier molecular flexibility index (Phi) is 6.06. The molecule has 8 heteroatoms. The van der Waals surface area contributed by atoms with Crippen molar-refractivity contribution < 1.29 is 24.0 Å². The average molecular weight is 598 g/mol. The lowest BCUT2D eigenvalue weighted by Gasteiger charge is -2.70. The molecule has 1 heterocycles. The molecule has 5 aliphatic rings. The summed E-state index contributed by atoms with van der Waals surface area (Å²) in [7, 11) is 1.51. The van der Waals surface area contributed by atoms with Crippen molar-refractivity contribution >= 4 is 28.6 Å². The Hall–Kier alpha value is -3.39. The van der Waals surface area contributed by atoms with Crippen LogP contribution in [0.5, 0.6) is 0 Å². The largest absolute Gasteiger partial charge is 0.365 e. The molecule has 232 valence electrons. The fourth-order valence-electron chi connectivity index (χ4n) is 10.1. The monoisotopic (exact) mass is 597 g/mol. The van der Waals surface area contributed by atoms with Gasteiger partial charge in [0, 0.05) is 12.5 Å². The van der Waals surface area contributed by atoms with Crippen LogP contribution in [0.15, 0.2) is 59.2 Å². The molecule has 0 amide bonds. The SMILES string of the molecule is CO[C@]1(C)C(=O)C(=O)C=C2C1=CC=C1[C@@]2(C)CC[C@@]2(C)[C@@H]3C[C@](C)(C(=O)On4nnc5ccccc54)CC[C@]3(C)CC[C@]12C. The van der Waals surface area contributed by atoms with E-state index < -0.39 is 22.6 Å². The zero-order valence-electron chi connectivity index (χ0n) is 27.0. The van der Waals surface area contributed by atoms with E-state index in [1.54, 1.807) is 13.0 Å². The van der Waals surface area contributed by atoms with Gasteiger partial charge in [-0.1, -0.05) is 62.4 Å². The maximum Gasteiger partial charge on any atom is 0.340 e. The maximum absolute atomic E-state index is 13.9. The predicted octanol–water partition coefficient (Wildman–Crippen LogP) is 6.16. The van der Waals surface area contributed by atoms with Crippen molar-refractivity contribution in [3.05, 3.63) is 59.2 Å². The van der Waals surface area contributed by atoms with E-state index in [1.807, 2.05) is 30.3 Å². The second-order valence-corrected chi connectivity index (χ2v) is 15.5. The standard InChI is InChI=1S/C36H43N3O5/c1-31-14-15-32(2,30(42)44-39-25-11-9-8-10-24(25)37-38-39)21-28(31)35(5)19-17-33(3)23-20-26(40)29(41)36(6,43-7)22(23)12-13-27(33)34(35,4)18-16-31/h8-13,20,28H,14-19,21H2,1-7H3/t28-,31-,32-,33+,34-,35+,36+/m1/s1. The number of aromatic nitrogens is 3. The molecule has 2 aromatic rings. The third-order valence-corrected chi connectivity index (χ3v) is 13.4. The number of para-hydroxylation sites is 1. The summed E-state index contributed by atoms with van der Waals surface area (Å²) < 4.78 is 5.73. The van der Waals surface area contributed by atoms with Gasteiger partial charge in [-0.25, -0.2) is 4.79 Å². The minimum absolute atomic E-state index is 0.0851. The zero-order valence-corrected chi connectivity index (χ0v) is 27.0. The molecule has 0 aliphatic heterocycles. The van der Waals surface area contributed by atoms with Gasteiger partial charge in [-0.3, -0.25) is 9.59 Å². The molecule has 7 rings (SSSR count). The topological polar surface area (TPSA) is 100 Å². The highest BCUT2D eigenvalue weighted by atomic mass is 16.7. The van der Waals surface area contributed by atoms with Crippen LogP contribution in [0.3, 0.4) is 0 Å². The molecule has 8 nitrogen and oxygen atoms in total. The molecule has 0 bridgehead atoms. The quantitative estimate of drug-likeness (QED) is 0.309. The number of benzene rings is 1. The third kappa shape index (κ3) is 3.57. The van der Waals surface area contributed by atoms with Crippen LogP contribution in [0.1, 0.15) is 86.5 Å². The molecule has 0 radical (unpaired) electrons. The van der Waals surface area contributed by atoms with E-state index in [-0.39, 0.29) is 33.5 Å². The summed E-state index contributed by atoms with van der Waals surface area (Å²) in [4.78, 5) is 47.1. The molecule has 1 aromatic heterocycles. The highest BCUT2D eigenvalue weighted by molar-refractivity contribution is 6.46. The van der Waals surface area contributed by atoms with Crippen LogP contribution in [0.25, 0.3) is 11.0 Å². The van der Waals surface area contributed by atoms with Gasteiger partial charge in [-0.15, -0.1) is 5.10 Å². The molecular weight excluding hydrogens is 554 g/mol. The number of carbonyl (C=O) groups is 3. The second kappa shape index (κ2) is 9.09. The van der Waals surface area contributed by atoms with Gasteiger partial charge in [-0.2, -0.15) is 0 Å². The molecular formula is C36H43N3O5. The fraction of sp³-hybridized carbons (Fsp3) is 0.583. The van der Waals surface area contributed by atoms with Crippen molar-refractivity contribution in [3.8, 4) is 0 Å². The van der Waals surface area contributed by atoms with Crippen molar-refractivity contribution in [2.75, 3.05) is 7.11 Å². The molecule has 0 spiro atoms. The Bertz CT molecular complexity index is 1740. The highest BCUT2D eigenvalue weighted by Gasteiger charge is 2.68. The van der Waals surface area contributed by atoms with Crippen LogP contribution in [0, 0.1) is 33.0 Å². The number of hydrogen-bond donors (Lipinski definition) is 0. The minimum Gasteiger partial charge on any atom is -0.365 e. The molecule has 0 N–H and O–H groups in total. The van der Waals surface area contributed by atoms with Gasteiger partial charge in [0.25, 0.3) is 0 Å². The van der Waals surface area contributed by atoms with Gasteiger partial charge in [0.1, 0.15) is 11.0 Å². The Morgan fingerprint density at radius 2 is 1.64 bits per heavy atom. The first-order chi connectivity index (χ1) is 20.7. The number of hydrogen-bond acceptors (Lipinski definition) is 7. The maximum atomic E-state index is 13.9. The lowest BCUT2D eigenvalue weighted by Crippen LogP contribution is -2.63. The van der Waals surface area contributed by atoms with Crippen LogP contribution in [-0.4, -0.2) is 45.4 Å². The first kappa shape index (κ1) is 29.3. The van der Waals surface area contributed by atoms with E-state index in [1.165, 1.54) is 17.5 Å². The smallest absolute Gasteiger partial charge is 0.340 e. The van der Waals surface area contributed by atoms with Crippen molar-refractivity contribution in [1.29, 1.82) is 0 Å². The lowest BCUT2D eigenvalue weighted by molar-refractivity contribution is -0.183. The number of fused-ring (bicyclic) bond motifs is 8. The van der Waals surface area contributed by atoms with Gasteiger partial charge in [0.05, 0.1) is 5.41 Å². The fourth-order valence-corrected chi connectivity index (χ4v) is 10.1. The number of carbonyl (C=O) groups excluding carboxylic acids is 3. The van der Waals surface area contributed by atoms with Crippen LogP contribution in [0.4, 0.5) is 0 Å². The van der Waals surface area contributed by atoms with E-state index in [0.717, 1.165) is 56.1 Å². The Morgan fingerprint density at radius 1 is 0.909 bits per heavy atom. The number of methoxy groups -OCH3 is 1. The predicted molar refractivity (Wildman–Crippen MR) is 165 cm³/mol. The summed E-state index contributed by atoms with van der Waals surface area (Å²) in [6, 6.07) is 7.48. The molecule has 3 fully saturated rings. The summed E-state index contributed by atoms with van der Waals surface area (Å²) in [6.45, 7) is 13.3. The van der Waals surface area contributed by atoms with E-state index >= 15 is 0 Å². The Balaban J connectivity index is 1.26. The number of rotatable bonds is 3. The molecule has 44 heavy (non-hydrogen) atoms.